The Morgan fingerprint density at radius 1 is 1.31 bits per heavy atom. The fourth-order valence-electron chi connectivity index (χ4n) is 2.42. The van der Waals surface area contributed by atoms with E-state index in [1.54, 1.807) is 0 Å². The van der Waals surface area contributed by atoms with Crippen LogP contribution in [-0.4, -0.2) is 37.0 Å². The van der Waals surface area contributed by atoms with Crippen LogP contribution in [0.5, 0.6) is 0 Å². The summed E-state index contributed by atoms with van der Waals surface area (Å²) in [5.41, 5.74) is -0.689. The Morgan fingerprint density at radius 2 is 2.00 bits per heavy atom. The minimum Gasteiger partial charge on any atom is -0.353 e. The number of hydrogen-bond donors (Lipinski definition) is 1. The van der Waals surface area contributed by atoms with Gasteiger partial charge in [0, 0.05) is 13.1 Å². The van der Waals surface area contributed by atoms with Crippen molar-refractivity contribution < 1.29 is 4.79 Å². The molecule has 4 heteroatoms. The lowest BCUT2D eigenvalue weighted by atomic mass is 9.69. The largest absolute Gasteiger partial charge is 0.353 e. The highest BCUT2D eigenvalue weighted by Crippen LogP contribution is 2.40. The molecule has 4 nitrogen and oxygen atoms in total. The van der Waals surface area contributed by atoms with Crippen molar-refractivity contribution in [3.63, 3.8) is 0 Å². The van der Waals surface area contributed by atoms with Crippen LogP contribution in [0.2, 0.25) is 0 Å². The van der Waals surface area contributed by atoms with Crippen molar-refractivity contribution in [2.75, 3.05) is 26.2 Å². The zero-order valence-corrected chi connectivity index (χ0v) is 9.67. The summed E-state index contributed by atoms with van der Waals surface area (Å²) < 4.78 is 0. The number of hydrogen-bond acceptors (Lipinski definition) is 3. The van der Waals surface area contributed by atoms with Gasteiger partial charge in [-0.2, -0.15) is 5.26 Å². The molecule has 0 aromatic carbocycles. The van der Waals surface area contributed by atoms with Gasteiger partial charge in [0.25, 0.3) is 0 Å². The van der Waals surface area contributed by atoms with Crippen LogP contribution in [0.25, 0.3) is 0 Å². The second-order valence-corrected chi connectivity index (χ2v) is 4.85. The van der Waals surface area contributed by atoms with Gasteiger partial charge in [-0.3, -0.25) is 4.79 Å². The van der Waals surface area contributed by atoms with Crippen LogP contribution in [0, 0.1) is 16.7 Å². The molecule has 1 heterocycles. The maximum Gasteiger partial charge on any atom is 0.240 e. The summed E-state index contributed by atoms with van der Waals surface area (Å²) in [6.45, 7) is 3.91. The van der Waals surface area contributed by atoms with Crippen molar-refractivity contribution in [2.45, 2.75) is 32.1 Å². The normalized spacial score (nSPS) is 23.4. The molecule has 2 fully saturated rings. The lowest BCUT2D eigenvalue weighted by Gasteiger charge is -2.33. The third-order valence-electron chi connectivity index (χ3n) is 3.77. The maximum atomic E-state index is 11.8. The predicted octanol–water partition coefficient (Wildman–Crippen LogP) is 0.892. The van der Waals surface area contributed by atoms with E-state index < -0.39 is 5.41 Å². The predicted molar refractivity (Wildman–Crippen MR) is 60.6 cm³/mol. The lowest BCUT2D eigenvalue weighted by molar-refractivity contribution is -0.131. The van der Waals surface area contributed by atoms with Crippen molar-refractivity contribution in [1.82, 2.24) is 10.2 Å². The first kappa shape index (κ1) is 11.4. The van der Waals surface area contributed by atoms with Crippen molar-refractivity contribution in [3.8, 4) is 6.07 Å². The average Bonchev–Trinajstić information content (AvgIpc) is 2.70. The van der Waals surface area contributed by atoms with Gasteiger partial charge in [-0.15, -0.1) is 0 Å². The quantitative estimate of drug-likeness (QED) is 0.767. The molecule has 2 rings (SSSR count). The highest BCUT2D eigenvalue weighted by molar-refractivity contribution is 5.86. The van der Waals surface area contributed by atoms with E-state index in [0.29, 0.717) is 6.54 Å². The van der Waals surface area contributed by atoms with Gasteiger partial charge < -0.3 is 10.2 Å². The van der Waals surface area contributed by atoms with Crippen molar-refractivity contribution in [1.29, 1.82) is 5.26 Å². The molecule has 2 aliphatic rings. The van der Waals surface area contributed by atoms with Crippen molar-refractivity contribution in [3.05, 3.63) is 0 Å². The number of nitriles is 1. The topological polar surface area (TPSA) is 56.1 Å². The zero-order valence-electron chi connectivity index (χ0n) is 9.67. The Labute approximate surface area is 96.6 Å². The number of likely N-dealkylation sites (tertiary alicyclic amines) is 1. The van der Waals surface area contributed by atoms with E-state index in [1.807, 2.05) is 0 Å². The van der Waals surface area contributed by atoms with E-state index in [0.717, 1.165) is 38.9 Å². The first-order valence-corrected chi connectivity index (χ1v) is 6.19. The number of amides is 1. The van der Waals surface area contributed by atoms with Gasteiger partial charge in [0.1, 0.15) is 5.41 Å². The summed E-state index contributed by atoms with van der Waals surface area (Å²) in [6, 6.07) is 2.17. The van der Waals surface area contributed by atoms with Crippen LogP contribution in [0.15, 0.2) is 0 Å². The Balaban J connectivity index is 1.69. The molecule has 0 atom stereocenters. The molecule has 1 amide bonds. The third kappa shape index (κ3) is 2.19. The average molecular weight is 221 g/mol. The van der Waals surface area contributed by atoms with Crippen LogP contribution >= 0.6 is 0 Å². The molecule has 0 aromatic rings. The second-order valence-electron chi connectivity index (χ2n) is 4.85. The standard InChI is InChI=1S/C12H19N3O/c13-10-12(4-3-5-12)11(16)14-6-9-15-7-1-2-8-15/h1-9H2,(H,14,16). The van der Waals surface area contributed by atoms with E-state index in [-0.39, 0.29) is 5.91 Å². The molecule has 1 aliphatic carbocycles. The highest BCUT2D eigenvalue weighted by Gasteiger charge is 2.44. The zero-order chi connectivity index (χ0) is 11.4. The van der Waals surface area contributed by atoms with Crippen LogP contribution in [0.1, 0.15) is 32.1 Å². The Kier molecular flexibility index (Phi) is 3.45. The van der Waals surface area contributed by atoms with E-state index in [9.17, 15) is 4.79 Å². The molecule has 1 saturated carbocycles. The number of nitrogens with zero attached hydrogens (tertiary/aromatic N) is 2. The summed E-state index contributed by atoms with van der Waals surface area (Å²) in [5, 5.41) is 11.9. The van der Waals surface area contributed by atoms with Gasteiger partial charge in [-0.05, 0) is 45.2 Å². The second kappa shape index (κ2) is 4.84. The van der Waals surface area contributed by atoms with Crippen molar-refractivity contribution >= 4 is 5.91 Å². The number of carbonyl (C=O) groups excluding carboxylic acids is 1. The van der Waals surface area contributed by atoms with Crippen LogP contribution in [0.3, 0.4) is 0 Å². The van der Waals surface area contributed by atoms with Gasteiger partial charge in [-0.1, -0.05) is 0 Å². The fraction of sp³-hybridized carbons (Fsp3) is 0.833. The van der Waals surface area contributed by atoms with Crippen molar-refractivity contribution in [2.24, 2.45) is 5.41 Å². The summed E-state index contributed by atoms with van der Waals surface area (Å²) in [4.78, 5) is 14.2. The molecule has 0 spiro atoms. The molecule has 16 heavy (non-hydrogen) atoms. The lowest BCUT2D eigenvalue weighted by Crippen LogP contribution is -2.46. The van der Waals surface area contributed by atoms with Gasteiger partial charge in [0.2, 0.25) is 5.91 Å². The SMILES string of the molecule is N#CC1(C(=O)NCCN2CCCC2)CCC1. The number of rotatable bonds is 4. The Hall–Kier alpha value is -1.08. The van der Waals surface area contributed by atoms with Gasteiger partial charge in [-0.25, -0.2) is 0 Å². The van der Waals surface area contributed by atoms with E-state index >= 15 is 0 Å². The van der Waals surface area contributed by atoms with Crippen LogP contribution in [-0.2, 0) is 4.79 Å². The minimum atomic E-state index is -0.689. The van der Waals surface area contributed by atoms with E-state index in [2.05, 4.69) is 16.3 Å². The smallest absolute Gasteiger partial charge is 0.240 e. The molecule has 0 radical (unpaired) electrons. The monoisotopic (exact) mass is 221 g/mol. The molecule has 0 bridgehead atoms. The Morgan fingerprint density at radius 3 is 2.50 bits per heavy atom. The molecule has 88 valence electrons. The molecule has 1 aliphatic heterocycles. The summed E-state index contributed by atoms with van der Waals surface area (Å²) in [5.74, 6) is -0.0551. The number of carbonyl (C=O) groups is 1. The maximum absolute atomic E-state index is 11.8. The first-order valence-electron chi connectivity index (χ1n) is 6.19. The highest BCUT2D eigenvalue weighted by atomic mass is 16.2. The molecular formula is C12H19N3O. The van der Waals surface area contributed by atoms with Gasteiger partial charge in [0.15, 0.2) is 0 Å². The van der Waals surface area contributed by atoms with E-state index in [4.69, 9.17) is 5.26 Å². The fourth-order valence-corrected chi connectivity index (χ4v) is 2.42. The molecule has 1 saturated heterocycles. The molecule has 0 aromatic heterocycles. The van der Waals surface area contributed by atoms with E-state index in [1.165, 1.54) is 12.8 Å². The minimum absolute atomic E-state index is 0.0551. The van der Waals surface area contributed by atoms with Crippen LogP contribution < -0.4 is 5.32 Å². The summed E-state index contributed by atoms with van der Waals surface area (Å²) in [7, 11) is 0. The molecule has 0 unspecified atom stereocenters. The summed E-state index contributed by atoms with van der Waals surface area (Å²) in [6.07, 6.45) is 5.03. The van der Waals surface area contributed by atoms with Crippen LogP contribution in [0.4, 0.5) is 0 Å². The Bertz CT molecular complexity index is 298. The number of nitrogens with one attached hydrogen (secondary N) is 1. The van der Waals surface area contributed by atoms with Gasteiger partial charge >= 0.3 is 0 Å². The first-order chi connectivity index (χ1) is 7.77. The molecule has 1 N–H and O–H groups in total. The summed E-state index contributed by atoms with van der Waals surface area (Å²) >= 11 is 0. The molecular weight excluding hydrogens is 202 g/mol. The van der Waals surface area contributed by atoms with Gasteiger partial charge in [0.05, 0.1) is 6.07 Å². The third-order valence-corrected chi connectivity index (χ3v) is 3.77.